The maximum Gasteiger partial charge on any atom is 2.00 e. The van der Waals surface area contributed by atoms with E-state index in [4.69, 9.17) is 19.8 Å². The second-order valence-corrected chi connectivity index (χ2v) is 3.18. The fourth-order valence-corrected chi connectivity index (χ4v) is 0. The molecule has 0 aliphatic rings. The third kappa shape index (κ3) is 71.9. The van der Waals surface area contributed by atoms with Gasteiger partial charge in [0.2, 0.25) is 0 Å². The molecule has 0 amide bonds. The molecule has 0 unspecified atom stereocenters. The summed E-state index contributed by atoms with van der Waals surface area (Å²) in [5.41, 5.74) is 0.130. The van der Waals surface area contributed by atoms with E-state index >= 15 is 0 Å². The van der Waals surface area contributed by atoms with Gasteiger partial charge in [0, 0.05) is 0 Å². The van der Waals surface area contributed by atoms with Gasteiger partial charge in [-0.1, -0.05) is 26.3 Å². The minimum Gasteiger partial charge on any atom is -0.545 e. The Hall–Kier alpha value is -1.91. The SMILES string of the molecule is C=C(C)C(=O)[O-].C=C(C)C(=O)[O-].C=CC(=O)[O-].C=CC(=O)[O-].[Zn+2].[Zn+2]. The van der Waals surface area contributed by atoms with Crippen molar-refractivity contribution >= 4 is 23.9 Å². The molecule has 10 heteroatoms. The third-order valence-electron chi connectivity index (χ3n) is 1.03. The first-order chi connectivity index (χ1) is 9.83. The Morgan fingerprint density at radius 3 is 0.750 bits per heavy atom. The smallest absolute Gasteiger partial charge is 0.545 e. The number of hydrogen-bond donors (Lipinski definition) is 0. The molecule has 124 valence electrons. The molecule has 0 aromatic carbocycles. The predicted octanol–water partition coefficient (Wildman–Crippen LogP) is -3.54. The van der Waals surface area contributed by atoms with Crippen molar-refractivity contribution in [1.29, 1.82) is 0 Å². The van der Waals surface area contributed by atoms with Crippen molar-refractivity contribution in [3.8, 4) is 0 Å². The van der Waals surface area contributed by atoms with Crippen LogP contribution < -0.4 is 20.4 Å². The summed E-state index contributed by atoms with van der Waals surface area (Å²) < 4.78 is 0. The van der Waals surface area contributed by atoms with Crippen molar-refractivity contribution in [2.75, 3.05) is 0 Å². The van der Waals surface area contributed by atoms with Crippen LogP contribution in [0.25, 0.3) is 0 Å². The fraction of sp³-hybridized carbons (Fsp3) is 0.143. The van der Waals surface area contributed by atoms with E-state index in [2.05, 4.69) is 26.3 Å². The van der Waals surface area contributed by atoms with E-state index in [1.807, 2.05) is 0 Å². The summed E-state index contributed by atoms with van der Waals surface area (Å²) in [7, 11) is 0. The van der Waals surface area contributed by atoms with Gasteiger partial charge in [-0.25, -0.2) is 0 Å². The van der Waals surface area contributed by atoms with Gasteiger partial charge < -0.3 is 39.6 Å². The zero-order valence-corrected chi connectivity index (χ0v) is 19.6. The molecule has 0 aliphatic heterocycles. The molecule has 0 fully saturated rings. The van der Waals surface area contributed by atoms with Gasteiger partial charge in [0.1, 0.15) is 0 Å². The molecule has 0 aliphatic carbocycles. The van der Waals surface area contributed by atoms with Crippen molar-refractivity contribution in [3.05, 3.63) is 49.6 Å². The van der Waals surface area contributed by atoms with Crippen LogP contribution in [0.15, 0.2) is 49.6 Å². The van der Waals surface area contributed by atoms with Crippen LogP contribution in [0.1, 0.15) is 13.8 Å². The molecule has 0 aromatic rings. The van der Waals surface area contributed by atoms with Gasteiger partial charge >= 0.3 is 39.0 Å². The van der Waals surface area contributed by atoms with Gasteiger partial charge in [-0.3, -0.25) is 0 Å². The van der Waals surface area contributed by atoms with E-state index < -0.39 is 23.9 Å². The average molecular weight is 443 g/mol. The standard InChI is InChI=1S/2C4H6O2.2C3H4O2.2Zn/c2*1-3(2)4(5)6;2*1-2-3(4)5;;/h2*1H2,2H3,(H,5,6);2*2H,1H2,(H,4,5);;/q;;;;2*+2/p-4. The number of carboxylic acid groups (broad SMARTS) is 4. The summed E-state index contributed by atoms with van der Waals surface area (Å²) in [4.78, 5) is 37.3. The first-order valence-corrected chi connectivity index (χ1v) is 5.23. The van der Waals surface area contributed by atoms with Gasteiger partial charge in [-0.15, -0.1) is 0 Å². The first-order valence-electron chi connectivity index (χ1n) is 5.23. The fourth-order valence-electron chi connectivity index (χ4n) is 0. The molecule has 0 bridgehead atoms. The number of carbonyl (C=O) groups is 4. The molecule has 0 atom stereocenters. The summed E-state index contributed by atoms with van der Waals surface area (Å²) in [6.07, 6.45) is 1.44. The summed E-state index contributed by atoms with van der Waals surface area (Å²) in [6.45, 7) is 14.8. The molecule has 0 rings (SSSR count). The summed E-state index contributed by atoms with van der Waals surface area (Å²) in [5.74, 6) is -4.83. The molecule has 0 spiro atoms. The first kappa shape index (κ1) is 38.0. The van der Waals surface area contributed by atoms with Crippen LogP contribution in [-0.2, 0) is 58.1 Å². The average Bonchev–Trinajstić information content (AvgIpc) is 2.40. The molecular weight excluding hydrogens is 427 g/mol. The van der Waals surface area contributed by atoms with Crippen LogP contribution in [0.5, 0.6) is 0 Å². The Morgan fingerprint density at radius 1 is 0.667 bits per heavy atom. The zero-order chi connectivity index (χ0) is 18.9. The van der Waals surface area contributed by atoms with Crippen LogP contribution in [0, 0.1) is 0 Å². The van der Waals surface area contributed by atoms with Crippen molar-refractivity contribution in [3.63, 3.8) is 0 Å². The molecule has 0 radical (unpaired) electrons. The van der Waals surface area contributed by atoms with Crippen molar-refractivity contribution < 1.29 is 78.6 Å². The molecule has 0 aromatic heterocycles. The van der Waals surface area contributed by atoms with E-state index in [0.29, 0.717) is 0 Å². The third-order valence-corrected chi connectivity index (χ3v) is 1.03. The van der Waals surface area contributed by atoms with E-state index in [0.717, 1.165) is 12.2 Å². The molecule has 0 saturated carbocycles. The Kier molecular flexibility index (Phi) is 41.1. The molecule has 8 nitrogen and oxygen atoms in total. The number of aliphatic carboxylic acids is 4. The van der Waals surface area contributed by atoms with Crippen LogP contribution in [0.2, 0.25) is 0 Å². The van der Waals surface area contributed by atoms with Crippen molar-refractivity contribution in [2.45, 2.75) is 13.8 Å². The minimum atomic E-state index is -1.23. The number of rotatable bonds is 4. The molecular formula is C14H16O8Zn2. The zero-order valence-electron chi connectivity index (χ0n) is 13.7. The van der Waals surface area contributed by atoms with Gasteiger partial charge in [0.25, 0.3) is 0 Å². The second kappa shape index (κ2) is 26.0. The van der Waals surface area contributed by atoms with Gasteiger partial charge in [0.15, 0.2) is 0 Å². The summed E-state index contributed by atoms with van der Waals surface area (Å²) in [5, 5.41) is 37.3. The Bertz CT molecular complexity index is 390. The summed E-state index contributed by atoms with van der Waals surface area (Å²) in [6, 6.07) is 0. The largest absolute Gasteiger partial charge is 2.00 e. The molecule has 0 heterocycles. The van der Waals surface area contributed by atoms with Crippen LogP contribution in [0.4, 0.5) is 0 Å². The van der Waals surface area contributed by atoms with Gasteiger partial charge in [0.05, 0.1) is 23.9 Å². The Morgan fingerprint density at radius 2 is 0.750 bits per heavy atom. The van der Waals surface area contributed by atoms with Gasteiger partial charge in [-0.05, 0) is 37.1 Å². The quantitative estimate of drug-likeness (QED) is 0.319. The van der Waals surface area contributed by atoms with Gasteiger partial charge in [-0.2, -0.15) is 0 Å². The normalized spacial score (nSPS) is 6.42. The summed E-state index contributed by atoms with van der Waals surface area (Å²) >= 11 is 0. The number of hydrogen-bond acceptors (Lipinski definition) is 8. The van der Waals surface area contributed by atoms with Crippen LogP contribution in [0.3, 0.4) is 0 Å². The van der Waals surface area contributed by atoms with E-state index in [1.54, 1.807) is 0 Å². The van der Waals surface area contributed by atoms with Crippen LogP contribution in [-0.4, -0.2) is 23.9 Å². The topological polar surface area (TPSA) is 161 Å². The Labute approximate surface area is 165 Å². The molecule has 0 N–H and O–H groups in total. The monoisotopic (exact) mass is 440 g/mol. The predicted molar refractivity (Wildman–Crippen MR) is 70.1 cm³/mol. The maximum atomic E-state index is 9.49. The number of carboxylic acids is 4. The maximum absolute atomic E-state index is 9.49. The second-order valence-electron chi connectivity index (χ2n) is 3.18. The van der Waals surface area contributed by atoms with E-state index in [1.165, 1.54) is 13.8 Å². The van der Waals surface area contributed by atoms with Crippen LogP contribution >= 0.6 is 0 Å². The van der Waals surface area contributed by atoms with E-state index in [-0.39, 0.29) is 50.1 Å². The van der Waals surface area contributed by atoms with Crippen molar-refractivity contribution in [2.24, 2.45) is 0 Å². The minimum absolute atomic E-state index is 0. The van der Waals surface area contributed by atoms with E-state index in [9.17, 15) is 19.8 Å². The molecule has 24 heavy (non-hydrogen) atoms. The number of carbonyl (C=O) groups excluding carboxylic acids is 4. The molecule has 0 saturated heterocycles. The Balaban J connectivity index is -0.0000000439. The van der Waals surface area contributed by atoms with Crippen molar-refractivity contribution in [1.82, 2.24) is 0 Å².